The van der Waals surface area contributed by atoms with Gasteiger partial charge in [0.1, 0.15) is 0 Å². The quantitative estimate of drug-likeness (QED) is 0.493. The topological polar surface area (TPSA) is 93.3 Å². The Balaban J connectivity index is 1.63. The molecule has 2 aromatic heterocycles. The summed E-state index contributed by atoms with van der Waals surface area (Å²) in [7, 11) is 3.04. The fraction of sp³-hybridized carbons (Fsp3) is 0.136. The number of methoxy groups -OCH3 is 2. The molecule has 30 heavy (non-hydrogen) atoms. The Labute approximate surface area is 176 Å². The second-order valence-electron chi connectivity index (χ2n) is 6.59. The third-order valence-electron chi connectivity index (χ3n) is 4.72. The first-order chi connectivity index (χ1) is 14.6. The first-order valence-electron chi connectivity index (χ1n) is 9.15. The molecule has 0 aliphatic rings. The lowest BCUT2D eigenvalue weighted by atomic mass is 10.1. The van der Waals surface area contributed by atoms with Crippen molar-refractivity contribution in [2.24, 2.45) is 0 Å². The van der Waals surface area contributed by atoms with Gasteiger partial charge in [0.15, 0.2) is 11.5 Å². The summed E-state index contributed by atoms with van der Waals surface area (Å²) in [6.45, 7) is 0. The van der Waals surface area contributed by atoms with Crippen LogP contribution in [0.25, 0.3) is 10.8 Å². The van der Waals surface area contributed by atoms with Crippen LogP contribution in [-0.2, 0) is 6.42 Å². The van der Waals surface area contributed by atoms with Gasteiger partial charge in [-0.1, -0.05) is 6.07 Å². The van der Waals surface area contributed by atoms with E-state index in [2.05, 4.69) is 20.9 Å². The van der Waals surface area contributed by atoms with Crippen LogP contribution in [0.15, 0.2) is 58.0 Å². The Hall–Kier alpha value is -3.65. The van der Waals surface area contributed by atoms with Crippen molar-refractivity contribution in [3.8, 4) is 11.5 Å². The average Bonchev–Trinajstić information content (AvgIpc) is 3.28. The van der Waals surface area contributed by atoms with E-state index in [1.54, 1.807) is 41.7 Å². The highest BCUT2D eigenvalue weighted by Crippen LogP contribution is 2.28. The molecule has 7 nitrogen and oxygen atoms in total. The maximum Gasteiger partial charge on any atom is 0.272 e. The van der Waals surface area contributed by atoms with E-state index < -0.39 is 0 Å². The summed E-state index contributed by atoms with van der Waals surface area (Å²) in [5.41, 5.74) is 2.53. The summed E-state index contributed by atoms with van der Waals surface area (Å²) >= 11 is 1.62. The predicted octanol–water partition coefficient (Wildman–Crippen LogP) is 3.84. The molecule has 0 atom stereocenters. The van der Waals surface area contributed by atoms with Crippen molar-refractivity contribution in [3.05, 3.63) is 80.4 Å². The Morgan fingerprint density at radius 2 is 1.90 bits per heavy atom. The van der Waals surface area contributed by atoms with Crippen molar-refractivity contribution in [2.75, 3.05) is 19.5 Å². The molecule has 0 aliphatic heterocycles. The number of carbonyl (C=O) groups is 1. The van der Waals surface area contributed by atoms with E-state index in [1.807, 2.05) is 17.5 Å². The van der Waals surface area contributed by atoms with Crippen LogP contribution in [0.4, 0.5) is 5.69 Å². The number of H-pyrrole nitrogens is 1. The van der Waals surface area contributed by atoms with Gasteiger partial charge in [-0.3, -0.25) is 9.59 Å². The molecule has 0 saturated carbocycles. The van der Waals surface area contributed by atoms with Gasteiger partial charge in [-0.05, 0) is 52.7 Å². The van der Waals surface area contributed by atoms with Crippen LogP contribution in [-0.4, -0.2) is 30.3 Å². The first kappa shape index (κ1) is 19.7. The molecule has 8 heteroatoms. The number of thiophene rings is 1. The molecule has 0 fully saturated rings. The molecule has 0 saturated heterocycles. The molecule has 4 rings (SSSR count). The molecule has 1 amide bonds. The zero-order chi connectivity index (χ0) is 21.1. The fourth-order valence-electron chi connectivity index (χ4n) is 3.20. The summed E-state index contributed by atoms with van der Waals surface area (Å²) in [5.74, 6) is 0.681. The standard InChI is InChI=1S/C22H19N3O4S/c1-28-19-6-3-14(10-20(19)29-2)21(26)23-15-4-5-16-17(11-15)22(27)25-24-18(16)9-13-7-8-30-12-13/h3-8,10-12H,9H2,1-2H3,(H,23,26)(H,25,27). The molecule has 0 bridgehead atoms. The second kappa shape index (κ2) is 8.38. The van der Waals surface area contributed by atoms with E-state index in [4.69, 9.17) is 9.47 Å². The van der Waals surface area contributed by atoms with E-state index in [9.17, 15) is 9.59 Å². The smallest absolute Gasteiger partial charge is 0.272 e. The number of anilines is 1. The van der Waals surface area contributed by atoms with Gasteiger partial charge >= 0.3 is 0 Å². The van der Waals surface area contributed by atoms with Crippen LogP contribution in [0.1, 0.15) is 21.6 Å². The summed E-state index contributed by atoms with van der Waals surface area (Å²) in [4.78, 5) is 25.0. The van der Waals surface area contributed by atoms with Crippen molar-refractivity contribution in [3.63, 3.8) is 0 Å². The van der Waals surface area contributed by atoms with Crippen LogP contribution >= 0.6 is 11.3 Å². The molecule has 0 spiro atoms. The lowest BCUT2D eigenvalue weighted by Gasteiger charge is -2.11. The maximum absolute atomic E-state index is 12.7. The number of fused-ring (bicyclic) bond motifs is 1. The Morgan fingerprint density at radius 1 is 1.07 bits per heavy atom. The minimum Gasteiger partial charge on any atom is -0.493 e. The molecule has 152 valence electrons. The van der Waals surface area contributed by atoms with Crippen LogP contribution < -0.4 is 20.3 Å². The number of nitrogens with zero attached hydrogens (tertiary/aromatic N) is 1. The monoisotopic (exact) mass is 421 g/mol. The van der Waals surface area contributed by atoms with Gasteiger partial charge in [-0.15, -0.1) is 0 Å². The van der Waals surface area contributed by atoms with Gasteiger partial charge in [0, 0.05) is 23.1 Å². The number of amides is 1. The van der Waals surface area contributed by atoms with E-state index in [1.165, 1.54) is 14.2 Å². The van der Waals surface area contributed by atoms with Crippen molar-refractivity contribution in [1.29, 1.82) is 0 Å². The van der Waals surface area contributed by atoms with Gasteiger partial charge in [0.05, 0.1) is 25.3 Å². The molecule has 4 aromatic rings. The van der Waals surface area contributed by atoms with Gasteiger partial charge < -0.3 is 14.8 Å². The molecule has 0 aliphatic carbocycles. The normalized spacial score (nSPS) is 10.7. The number of carbonyl (C=O) groups excluding carboxylic acids is 1. The summed E-state index contributed by atoms with van der Waals surface area (Å²) in [6.07, 6.45) is 0.619. The minimum absolute atomic E-state index is 0.304. The number of ether oxygens (including phenoxy) is 2. The van der Waals surface area contributed by atoms with Gasteiger partial charge in [-0.2, -0.15) is 16.4 Å². The van der Waals surface area contributed by atoms with E-state index >= 15 is 0 Å². The lowest BCUT2D eigenvalue weighted by molar-refractivity contribution is 0.102. The molecule has 2 N–H and O–H groups in total. The fourth-order valence-corrected chi connectivity index (χ4v) is 3.87. The van der Waals surface area contributed by atoms with Crippen LogP contribution in [0.2, 0.25) is 0 Å². The highest BCUT2D eigenvalue weighted by molar-refractivity contribution is 7.07. The minimum atomic E-state index is -0.320. The molecule has 0 radical (unpaired) electrons. The highest BCUT2D eigenvalue weighted by Gasteiger charge is 2.13. The number of aromatic amines is 1. The summed E-state index contributed by atoms with van der Waals surface area (Å²) < 4.78 is 10.4. The lowest BCUT2D eigenvalue weighted by Crippen LogP contribution is -2.14. The van der Waals surface area contributed by atoms with Gasteiger partial charge in [0.2, 0.25) is 0 Å². The van der Waals surface area contributed by atoms with Crippen molar-refractivity contribution < 1.29 is 14.3 Å². The third kappa shape index (κ3) is 3.90. The van der Waals surface area contributed by atoms with Gasteiger partial charge in [0.25, 0.3) is 11.5 Å². The average molecular weight is 421 g/mol. The number of nitrogens with one attached hydrogen (secondary N) is 2. The molecular formula is C22H19N3O4S. The Kier molecular flexibility index (Phi) is 5.49. The second-order valence-corrected chi connectivity index (χ2v) is 7.37. The van der Waals surface area contributed by atoms with E-state index in [0.29, 0.717) is 34.6 Å². The van der Waals surface area contributed by atoms with Crippen molar-refractivity contribution >= 4 is 33.7 Å². The maximum atomic E-state index is 12.7. The number of benzene rings is 2. The predicted molar refractivity (Wildman–Crippen MR) is 117 cm³/mol. The van der Waals surface area contributed by atoms with Crippen molar-refractivity contribution in [2.45, 2.75) is 6.42 Å². The largest absolute Gasteiger partial charge is 0.493 e. The first-order valence-corrected chi connectivity index (χ1v) is 10.1. The summed E-state index contributed by atoms with van der Waals surface area (Å²) in [6, 6.07) is 12.2. The van der Waals surface area contributed by atoms with E-state index in [0.717, 1.165) is 16.6 Å². The number of aromatic nitrogens is 2. The highest BCUT2D eigenvalue weighted by atomic mass is 32.1. The zero-order valence-corrected chi connectivity index (χ0v) is 17.2. The van der Waals surface area contributed by atoms with Gasteiger partial charge in [-0.25, -0.2) is 5.10 Å². The number of hydrogen-bond donors (Lipinski definition) is 2. The van der Waals surface area contributed by atoms with E-state index in [-0.39, 0.29) is 11.5 Å². The summed E-state index contributed by atoms with van der Waals surface area (Å²) in [5, 5.41) is 14.9. The van der Waals surface area contributed by atoms with Crippen LogP contribution in [0, 0.1) is 0 Å². The number of hydrogen-bond acceptors (Lipinski definition) is 6. The van der Waals surface area contributed by atoms with Crippen LogP contribution in [0.5, 0.6) is 11.5 Å². The molecular weight excluding hydrogens is 402 g/mol. The Bertz CT molecular complexity index is 1270. The third-order valence-corrected chi connectivity index (χ3v) is 5.45. The van der Waals surface area contributed by atoms with Crippen LogP contribution in [0.3, 0.4) is 0 Å². The van der Waals surface area contributed by atoms with Crippen molar-refractivity contribution in [1.82, 2.24) is 10.2 Å². The number of rotatable bonds is 6. The Morgan fingerprint density at radius 3 is 2.63 bits per heavy atom. The SMILES string of the molecule is COc1ccc(C(=O)Nc2ccc3c(Cc4ccsc4)n[nH]c(=O)c3c2)cc1OC. The molecule has 0 unspecified atom stereocenters. The molecule has 2 heterocycles. The molecule has 2 aromatic carbocycles. The zero-order valence-electron chi connectivity index (χ0n) is 16.4.